The van der Waals surface area contributed by atoms with Gasteiger partial charge in [0.2, 0.25) is 0 Å². The van der Waals surface area contributed by atoms with Crippen molar-refractivity contribution >= 4 is 39.7 Å². The van der Waals surface area contributed by atoms with E-state index in [4.69, 9.17) is 14.5 Å². The number of nitrogens with zero attached hydrogens (tertiary/aromatic N) is 2. The van der Waals surface area contributed by atoms with Gasteiger partial charge in [0.05, 0.1) is 11.5 Å². The fraction of sp³-hybridized carbons (Fsp3) is 0.312. The molecular weight excluding hydrogens is 492 g/mol. The molecule has 0 N–H and O–H groups in total. The highest BCUT2D eigenvalue weighted by atomic mass is 32.2. The number of carbonyl (C=O) groups excluding carboxylic acids is 1. The van der Waals surface area contributed by atoms with E-state index in [0.29, 0.717) is 36.0 Å². The zero-order valence-corrected chi connectivity index (χ0v) is 23.7. The van der Waals surface area contributed by atoms with Gasteiger partial charge < -0.3 is 9.47 Å². The highest BCUT2D eigenvalue weighted by molar-refractivity contribution is 8.18. The number of amidine groups is 1. The van der Waals surface area contributed by atoms with E-state index in [1.54, 1.807) is 4.90 Å². The third-order valence-electron chi connectivity index (χ3n) is 6.09. The Kier molecular flexibility index (Phi) is 8.95. The smallest absolute Gasteiger partial charge is 0.266 e. The minimum Gasteiger partial charge on any atom is -0.490 e. The number of aliphatic imine (C=N–C) groups is 1. The minimum absolute atomic E-state index is 0.0242. The minimum atomic E-state index is -0.0242. The summed E-state index contributed by atoms with van der Waals surface area (Å²) in [6.45, 7) is 14.9. The Bertz CT molecular complexity index is 1390. The molecule has 1 aliphatic rings. The molecule has 6 heteroatoms. The van der Waals surface area contributed by atoms with Crippen molar-refractivity contribution < 1.29 is 14.3 Å². The number of carbonyl (C=O) groups is 1. The zero-order chi connectivity index (χ0) is 27.2. The third kappa shape index (κ3) is 6.13. The summed E-state index contributed by atoms with van der Waals surface area (Å²) in [5.41, 5.74) is 2.96. The van der Waals surface area contributed by atoms with Crippen LogP contribution < -0.4 is 9.47 Å². The fourth-order valence-corrected chi connectivity index (χ4v) is 5.71. The molecule has 1 amide bonds. The van der Waals surface area contributed by atoms with Crippen LogP contribution in [0.2, 0.25) is 0 Å². The molecule has 38 heavy (non-hydrogen) atoms. The topological polar surface area (TPSA) is 51.1 Å². The molecular formula is C32H36N2O3S. The third-order valence-corrected chi connectivity index (χ3v) is 7.09. The van der Waals surface area contributed by atoms with Crippen molar-refractivity contribution in [1.29, 1.82) is 0 Å². The van der Waals surface area contributed by atoms with Gasteiger partial charge in [0.25, 0.3) is 5.91 Å². The monoisotopic (exact) mass is 528 g/mol. The molecule has 1 fully saturated rings. The van der Waals surface area contributed by atoms with Crippen molar-refractivity contribution in [3.63, 3.8) is 0 Å². The van der Waals surface area contributed by atoms with Crippen LogP contribution >= 0.6 is 11.8 Å². The van der Waals surface area contributed by atoms with E-state index in [-0.39, 0.29) is 18.0 Å². The molecule has 0 unspecified atom stereocenters. The largest absolute Gasteiger partial charge is 0.490 e. The number of rotatable bonds is 10. The van der Waals surface area contributed by atoms with Crippen LogP contribution in [-0.4, -0.2) is 34.7 Å². The number of benzene rings is 3. The van der Waals surface area contributed by atoms with Crippen LogP contribution in [0, 0.1) is 0 Å². The molecule has 3 aromatic carbocycles. The summed E-state index contributed by atoms with van der Waals surface area (Å²) in [6, 6.07) is 18.7. The van der Waals surface area contributed by atoms with Crippen molar-refractivity contribution in [2.24, 2.45) is 4.99 Å². The Morgan fingerprint density at radius 1 is 1.03 bits per heavy atom. The Morgan fingerprint density at radius 3 is 2.50 bits per heavy atom. The van der Waals surface area contributed by atoms with Gasteiger partial charge >= 0.3 is 0 Å². The first-order chi connectivity index (χ1) is 18.3. The molecule has 5 nitrogen and oxygen atoms in total. The van der Waals surface area contributed by atoms with E-state index < -0.39 is 0 Å². The lowest BCUT2D eigenvalue weighted by Gasteiger charge is -2.20. The van der Waals surface area contributed by atoms with Gasteiger partial charge in [-0.15, -0.1) is 6.58 Å². The molecule has 4 rings (SSSR count). The number of allylic oxidation sites excluding steroid dienone is 1. The number of amides is 1. The second kappa shape index (κ2) is 12.4. The maximum atomic E-state index is 13.3. The average Bonchev–Trinajstić information content (AvgIpc) is 3.17. The summed E-state index contributed by atoms with van der Waals surface area (Å²) in [5, 5.41) is 3.10. The molecule has 0 atom stereocenters. The Hall–Kier alpha value is -3.51. The molecule has 0 spiro atoms. The second-order valence-corrected chi connectivity index (χ2v) is 10.8. The van der Waals surface area contributed by atoms with Crippen LogP contribution in [-0.2, 0) is 17.8 Å². The number of hydrogen-bond donors (Lipinski definition) is 0. The average molecular weight is 529 g/mol. The van der Waals surface area contributed by atoms with Gasteiger partial charge in [-0.3, -0.25) is 14.7 Å². The van der Waals surface area contributed by atoms with Gasteiger partial charge in [0.15, 0.2) is 16.7 Å². The van der Waals surface area contributed by atoms with Crippen LogP contribution in [0.4, 0.5) is 0 Å². The standard InChI is InChI=1S/C32H36N2O3S/c1-7-12-25-17-23(19-29-31(35)34(22(5)6)32(38-29)33-21(3)4)18-28(36-8-2)30(25)37-20-26-15-11-14-24-13-9-10-16-27(24)26/h7,9-11,13-19,21-22H,1,8,12,20H2,2-6H3/b29-19+,33-32?. The van der Waals surface area contributed by atoms with Gasteiger partial charge in [-0.1, -0.05) is 48.5 Å². The first kappa shape index (κ1) is 27.5. The molecule has 0 bridgehead atoms. The summed E-state index contributed by atoms with van der Waals surface area (Å²) in [4.78, 5) is 20.4. The lowest BCUT2D eigenvalue weighted by Crippen LogP contribution is -2.35. The summed E-state index contributed by atoms with van der Waals surface area (Å²) in [5.74, 6) is 1.34. The normalized spacial score (nSPS) is 15.9. The predicted octanol–water partition coefficient (Wildman–Crippen LogP) is 7.64. The number of hydrogen-bond acceptors (Lipinski definition) is 5. The molecule has 1 saturated heterocycles. The maximum Gasteiger partial charge on any atom is 0.266 e. The molecule has 1 heterocycles. The predicted molar refractivity (Wildman–Crippen MR) is 160 cm³/mol. The lowest BCUT2D eigenvalue weighted by molar-refractivity contribution is -0.123. The van der Waals surface area contributed by atoms with Gasteiger partial charge in [0, 0.05) is 17.6 Å². The summed E-state index contributed by atoms with van der Waals surface area (Å²) < 4.78 is 12.5. The van der Waals surface area contributed by atoms with Gasteiger partial charge in [-0.25, -0.2) is 0 Å². The van der Waals surface area contributed by atoms with Crippen LogP contribution in [0.15, 0.2) is 77.1 Å². The van der Waals surface area contributed by atoms with Crippen molar-refractivity contribution in [2.75, 3.05) is 6.61 Å². The molecule has 3 aromatic rings. The molecule has 198 valence electrons. The van der Waals surface area contributed by atoms with E-state index in [1.807, 2.05) is 65.0 Å². The van der Waals surface area contributed by atoms with E-state index in [9.17, 15) is 4.79 Å². The first-order valence-electron chi connectivity index (χ1n) is 13.1. The van der Waals surface area contributed by atoms with Crippen LogP contribution in [0.1, 0.15) is 51.3 Å². The van der Waals surface area contributed by atoms with E-state index in [1.165, 1.54) is 22.5 Å². The van der Waals surface area contributed by atoms with Crippen LogP contribution in [0.5, 0.6) is 11.5 Å². The number of fused-ring (bicyclic) bond motifs is 1. The fourth-order valence-electron chi connectivity index (χ4n) is 4.47. The Morgan fingerprint density at radius 2 is 1.79 bits per heavy atom. The zero-order valence-electron chi connectivity index (χ0n) is 22.9. The molecule has 1 aliphatic heterocycles. The molecule has 0 aliphatic carbocycles. The summed E-state index contributed by atoms with van der Waals surface area (Å²) in [6.07, 6.45) is 4.40. The van der Waals surface area contributed by atoms with E-state index >= 15 is 0 Å². The summed E-state index contributed by atoms with van der Waals surface area (Å²) >= 11 is 1.42. The highest BCUT2D eigenvalue weighted by Crippen LogP contribution is 2.38. The van der Waals surface area contributed by atoms with Crippen molar-refractivity contribution in [3.8, 4) is 11.5 Å². The first-order valence-corrected chi connectivity index (χ1v) is 13.9. The summed E-state index contributed by atoms with van der Waals surface area (Å²) in [7, 11) is 0. The molecule has 0 saturated carbocycles. The number of thioether (sulfide) groups is 1. The Labute approximate surface area is 230 Å². The van der Waals surface area contributed by atoms with Gasteiger partial charge in [-0.05, 0) is 92.9 Å². The van der Waals surface area contributed by atoms with E-state index in [0.717, 1.165) is 21.9 Å². The second-order valence-electron chi connectivity index (χ2n) is 9.75. The van der Waals surface area contributed by atoms with Gasteiger partial charge in [0.1, 0.15) is 6.61 Å². The quantitative estimate of drug-likeness (QED) is 0.200. The molecule has 0 radical (unpaired) electrons. The van der Waals surface area contributed by atoms with Crippen molar-refractivity contribution in [3.05, 3.63) is 88.8 Å². The molecule has 0 aromatic heterocycles. The van der Waals surface area contributed by atoms with Crippen molar-refractivity contribution in [2.45, 2.75) is 59.7 Å². The highest BCUT2D eigenvalue weighted by Gasteiger charge is 2.35. The maximum absolute atomic E-state index is 13.3. The lowest BCUT2D eigenvalue weighted by atomic mass is 10.0. The van der Waals surface area contributed by atoms with Crippen molar-refractivity contribution in [1.82, 2.24) is 4.90 Å². The Balaban J connectivity index is 1.70. The van der Waals surface area contributed by atoms with Crippen LogP contribution in [0.25, 0.3) is 16.8 Å². The van der Waals surface area contributed by atoms with E-state index in [2.05, 4.69) is 43.0 Å². The number of ether oxygens (including phenoxy) is 2. The SMILES string of the molecule is C=CCc1cc(/C=C2/SC(=NC(C)C)N(C(C)C)C2=O)cc(OCC)c1OCc1cccc2ccccc12. The van der Waals surface area contributed by atoms with Crippen LogP contribution in [0.3, 0.4) is 0 Å². The van der Waals surface area contributed by atoms with Gasteiger partial charge in [-0.2, -0.15) is 0 Å².